The van der Waals surface area contributed by atoms with E-state index in [1.807, 2.05) is 31.2 Å². The highest BCUT2D eigenvalue weighted by atomic mass is 79.9. The minimum Gasteiger partial charge on any atom is -0.393 e. The molecule has 0 saturated heterocycles. The van der Waals surface area contributed by atoms with E-state index in [0.717, 1.165) is 22.9 Å². The molecule has 0 saturated carbocycles. The third kappa shape index (κ3) is 3.17. The van der Waals surface area contributed by atoms with E-state index in [-0.39, 0.29) is 0 Å². The molecule has 2 rings (SSSR count). The number of halogens is 1. The monoisotopic (exact) mass is 310 g/mol. The zero-order valence-electron chi connectivity index (χ0n) is 10.1. The van der Waals surface area contributed by atoms with Gasteiger partial charge in [0.2, 0.25) is 11.7 Å². The van der Waals surface area contributed by atoms with Gasteiger partial charge in [0.25, 0.3) is 0 Å². The molecule has 1 unspecified atom stereocenters. The molecular weight excluding hydrogens is 296 g/mol. The largest absolute Gasteiger partial charge is 0.393 e. The second-order valence-corrected chi connectivity index (χ2v) is 4.99. The van der Waals surface area contributed by atoms with Gasteiger partial charge in [-0.2, -0.15) is 4.98 Å². The number of aliphatic hydroxyl groups is 1. The smallest absolute Gasteiger partial charge is 0.229 e. The number of rotatable bonds is 5. The number of benzene rings is 1. The SMILES string of the molecule is CCCC(O)Cc1nc(-c2ccccc2Br)no1. The van der Waals surface area contributed by atoms with Gasteiger partial charge in [-0.05, 0) is 18.6 Å². The first kappa shape index (κ1) is 13.2. The van der Waals surface area contributed by atoms with Crippen LogP contribution >= 0.6 is 15.9 Å². The summed E-state index contributed by atoms with van der Waals surface area (Å²) < 4.78 is 6.07. The van der Waals surface area contributed by atoms with Crippen LogP contribution in [0.4, 0.5) is 0 Å². The van der Waals surface area contributed by atoms with E-state index in [9.17, 15) is 5.11 Å². The van der Waals surface area contributed by atoms with Crippen molar-refractivity contribution in [2.24, 2.45) is 0 Å². The maximum Gasteiger partial charge on any atom is 0.229 e. The minimum atomic E-state index is -0.414. The molecule has 0 spiro atoms. The van der Waals surface area contributed by atoms with Crippen LogP contribution in [-0.4, -0.2) is 21.4 Å². The van der Waals surface area contributed by atoms with E-state index in [2.05, 4.69) is 26.1 Å². The van der Waals surface area contributed by atoms with E-state index in [4.69, 9.17) is 4.52 Å². The average Bonchev–Trinajstić information content (AvgIpc) is 2.78. The topological polar surface area (TPSA) is 59.2 Å². The van der Waals surface area contributed by atoms with Crippen LogP contribution in [0.25, 0.3) is 11.4 Å². The Labute approximate surface area is 114 Å². The second kappa shape index (κ2) is 6.11. The number of aromatic nitrogens is 2. The third-order valence-corrected chi connectivity index (χ3v) is 3.31. The van der Waals surface area contributed by atoms with Crippen molar-refractivity contribution in [1.29, 1.82) is 0 Å². The van der Waals surface area contributed by atoms with Gasteiger partial charge in [-0.1, -0.05) is 46.6 Å². The Morgan fingerprint density at radius 3 is 2.89 bits per heavy atom. The van der Waals surface area contributed by atoms with Crippen LogP contribution in [0.5, 0.6) is 0 Å². The number of hydrogen-bond donors (Lipinski definition) is 1. The lowest BCUT2D eigenvalue weighted by Crippen LogP contribution is -2.09. The number of aliphatic hydroxyl groups excluding tert-OH is 1. The van der Waals surface area contributed by atoms with Gasteiger partial charge in [0.1, 0.15) is 0 Å². The fourth-order valence-corrected chi connectivity index (χ4v) is 2.19. The van der Waals surface area contributed by atoms with E-state index in [1.54, 1.807) is 0 Å². The maximum atomic E-state index is 9.70. The molecule has 1 heterocycles. The summed E-state index contributed by atoms with van der Waals surface area (Å²) >= 11 is 3.45. The number of nitrogens with zero attached hydrogens (tertiary/aromatic N) is 2. The highest BCUT2D eigenvalue weighted by Crippen LogP contribution is 2.25. The van der Waals surface area contributed by atoms with Crippen LogP contribution in [0.15, 0.2) is 33.3 Å². The molecule has 1 N–H and O–H groups in total. The summed E-state index contributed by atoms with van der Waals surface area (Å²) in [7, 11) is 0. The highest BCUT2D eigenvalue weighted by molar-refractivity contribution is 9.10. The minimum absolute atomic E-state index is 0.408. The van der Waals surface area contributed by atoms with Crippen LogP contribution < -0.4 is 0 Å². The molecule has 0 amide bonds. The zero-order chi connectivity index (χ0) is 13.0. The fourth-order valence-electron chi connectivity index (χ4n) is 1.73. The molecule has 18 heavy (non-hydrogen) atoms. The van der Waals surface area contributed by atoms with Crippen LogP contribution in [0.1, 0.15) is 25.7 Å². The van der Waals surface area contributed by atoms with Gasteiger partial charge in [-0.3, -0.25) is 0 Å². The lowest BCUT2D eigenvalue weighted by Gasteiger charge is -2.03. The summed E-state index contributed by atoms with van der Waals surface area (Å²) in [5.41, 5.74) is 0.887. The molecule has 4 nitrogen and oxygen atoms in total. The van der Waals surface area contributed by atoms with Crippen LogP contribution in [0.3, 0.4) is 0 Å². The quantitative estimate of drug-likeness (QED) is 0.921. The van der Waals surface area contributed by atoms with Crippen molar-refractivity contribution >= 4 is 15.9 Å². The molecule has 1 atom stereocenters. The summed E-state index contributed by atoms with van der Waals surface area (Å²) in [6.07, 6.45) is 1.67. The van der Waals surface area contributed by atoms with Gasteiger partial charge in [-0.25, -0.2) is 0 Å². The summed E-state index contributed by atoms with van der Waals surface area (Å²) in [6.45, 7) is 2.03. The van der Waals surface area contributed by atoms with Gasteiger partial charge in [0.05, 0.1) is 12.5 Å². The van der Waals surface area contributed by atoms with E-state index >= 15 is 0 Å². The second-order valence-electron chi connectivity index (χ2n) is 4.14. The average molecular weight is 311 g/mol. The van der Waals surface area contributed by atoms with E-state index in [1.165, 1.54) is 0 Å². The van der Waals surface area contributed by atoms with Crippen molar-refractivity contribution in [2.75, 3.05) is 0 Å². The van der Waals surface area contributed by atoms with Crippen molar-refractivity contribution in [3.63, 3.8) is 0 Å². The summed E-state index contributed by atoms with van der Waals surface area (Å²) in [4.78, 5) is 4.30. The highest BCUT2D eigenvalue weighted by Gasteiger charge is 2.14. The lowest BCUT2D eigenvalue weighted by atomic mass is 10.1. The Balaban J connectivity index is 2.13. The third-order valence-electron chi connectivity index (χ3n) is 2.61. The van der Waals surface area contributed by atoms with Gasteiger partial charge in [0, 0.05) is 10.0 Å². The molecule has 2 aromatic rings. The number of hydrogen-bond acceptors (Lipinski definition) is 4. The first-order valence-corrected chi connectivity index (χ1v) is 6.75. The van der Waals surface area contributed by atoms with Crippen molar-refractivity contribution in [1.82, 2.24) is 10.1 Å². The van der Waals surface area contributed by atoms with Gasteiger partial charge in [0.15, 0.2) is 0 Å². The Bertz CT molecular complexity index is 513. The maximum absolute atomic E-state index is 9.70. The molecule has 96 valence electrons. The van der Waals surface area contributed by atoms with E-state index in [0.29, 0.717) is 18.1 Å². The fraction of sp³-hybridized carbons (Fsp3) is 0.385. The van der Waals surface area contributed by atoms with Crippen molar-refractivity contribution in [3.05, 3.63) is 34.6 Å². The zero-order valence-corrected chi connectivity index (χ0v) is 11.7. The standard InChI is InChI=1S/C13H15BrN2O2/c1-2-5-9(17)8-12-15-13(16-18-12)10-6-3-4-7-11(10)14/h3-4,6-7,9,17H,2,5,8H2,1H3. The predicted molar refractivity (Wildman–Crippen MR) is 72.1 cm³/mol. The van der Waals surface area contributed by atoms with Crippen molar-refractivity contribution < 1.29 is 9.63 Å². The molecule has 1 aromatic carbocycles. The molecule has 0 radical (unpaired) electrons. The molecule has 1 aromatic heterocycles. The molecule has 5 heteroatoms. The van der Waals surface area contributed by atoms with Gasteiger partial charge in [-0.15, -0.1) is 0 Å². The molecule has 0 aliphatic carbocycles. The Hall–Kier alpha value is -1.20. The predicted octanol–water partition coefficient (Wildman–Crippen LogP) is 3.20. The molecule has 0 aliphatic heterocycles. The Morgan fingerprint density at radius 1 is 1.39 bits per heavy atom. The molecule has 0 aliphatic rings. The lowest BCUT2D eigenvalue weighted by molar-refractivity contribution is 0.152. The van der Waals surface area contributed by atoms with Gasteiger partial charge < -0.3 is 9.63 Å². The first-order valence-electron chi connectivity index (χ1n) is 5.96. The first-order chi connectivity index (χ1) is 8.70. The molecular formula is C13H15BrN2O2. The van der Waals surface area contributed by atoms with Crippen molar-refractivity contribution in [3.8, 4) is 11.4 Å². The van der Waals surface area contributed by atoms with Crippen LogP contribution in [0.2, 0.25) is 0 Å². The van der Waals surface area contributed by atoms with Gasteiger partial charge >= 0.3 is 0 Å². The Kier molecular flexibility index (Phi) is 4.49. The summed E-state index contributed by atoms with van der Waals surface area (Å²) in [5, 5.41) is 13.6. The van der Waals surface area contributed by atoms with Crippen LogP contribution in [-0.2, 0) is 6.42 Å². The summed E-state index contributed by atoms with van der Waals surface area (Å²) in [6, 6.07) is 7.69. The van der Waals surface area contributed by atoms with Crippen molar-refractivity contribution in [2.45, 2.75) is 32.3 Å². The molecule has 0 bridgehead atoms. The van der Waals surface area contributed by atoms with E-state index < -0.39 is 6.10 Å². The Morgan fingerprint density at radius 2 is 2.17 bits per heavy atom. The normalized spacial score (nSPS) is 12.6. The molecule has 0 fully saturated rings. The summed E-state index contributed by atoms with van der Waals surface area (Å²) in [5.74, 6) is 1.02. The van der Waals surface area contributed by atoms with Crippen LogP contribution in [0, 0.1) is 0 Å².